The Labute approximate surface area is 98.7 Å². The number of nitrogens with zero attached hydrogens (tertiary/aromatic N) is 2. The van der Waals surface area contributed by atoms with Crippen molar-refractivity contribution in [2.24, 2.45) is 0 Å². The molecule has 0 aliphatic rings. The lowest BCUT2D eigenvalue weighted by Crippen LogP contribution is -1.98. The van der Waals surface area contributed by atoms with Gasteiger partial charge in [0.15, 0.2) is 15.6 Å². The highest BCUT2D eigenvalue weighted by Crippen LogP contribution is 2.18. The monoisotopic (exact) mass is 249 g/mol. The van der Waals surface area contributed by atoms with Crippen LogP contribution in [0.4, 0.5) is 0 Å². The van der Waals surface area contributed by atoms with Crippen molar-refractivity contribution < 1.29 is 13.5 Å². The quantitative estimate of drug-likeness (QED) is 0.811. The van der Waals surface area contributed by atoms with Gasteiger partial charge in [0.05, 0.1) is 22.5 Å². The number of pyridine rings is 2. The van der Waals surface area contributed by atoms with Gasteiger partial charge in [0, 0.05) is 12.5 Å². The highest BCUT2D eigenvalue weighted by molar-refractivity contribution is 7.90. The van der Waals surface area contributed by atoms with Crippen LogP contribution in [0.3, 0.4) is 0 Å². The van der Waals surface area contributed by atoms with Gasteiger partial charge < -0.3 is 0 Å². The van der Waals surface area contributed by atoms with Gasteiger partial charge in [0.1, 0.15) is 0 Å². The number of sulfone groups is 1. The number of hydrogen-bond donors (Lipinski definition) is 0. The van der Waals surface area contributed by atoms with Crippen LogP contribution in [-0.4, -0.2) is 24.6 Å². The molecular formula is C11H9N2O3S. The Morgan fingerprint density at radius 3 is 1.94 bits per heavy atom. The van der Waals surface area contributed by atoms with Crippen LogP contribution in [0, 0.1) is 0 Å². The molecule has 0 spiro atoms. The van der Waals surface area contributed by atoms with Crippen molar-refractivity contribution in [2.75, 3.05) is 6.26 Å². The minimum Gasteiger partial charge on any atom is -0.288 e. The summed E-state index contributed by atoms with van der Waals surface area (Å²) < 4.78 is 22.5. The zero-order chi connectivity index (χ0) is 12.5. The predicted octanol–water partition coefficient (Wildman–Crippen LogP) is 1.69. The maximum atomic E-state index is 11.2. The Bertz CT molecular complexity index is 619. The zero-order valence-electron chi connectivity index (χ0n) is 8.99. The number of hydrogen-bond acceptors (Lipinski definition) is 4. The SMILES string of the molecule is CS(=O)(=O)c1ccc(-c2ccc([O])cn2)nc1. The second-order valence-corrected chi connectivity index (χ2v) is 5.55. The van der Waals surface area contributed by atoms with Crippen molar-refractivity contribution in [1.29, 1.82) is 0 Å². The maximum Gasteiger partial charge on any atom is 0.196 e. The molecule has 6 heteroatoms. The molecule has 17 heavy (non-hydrogen) atoms. The van der Waals surface area contributed by atoms with E-state index in [4.69, 9.17) is 0 Å². The lowest BCUT2D eigenvalue weighted by atomic mass is 10.2. The summed E-state index contributed by atoms with van der Waals surface area (Å²) in [5, 5.41) is 10.9. The maximum absolute atomic E-state index is 11.2. The Morgan fingerprint density at radius 1 is 0.941 bits per heavy atom. The van der Waals surface area contributed by atoms with Gasteiger partial charge in [0.25, 0.3) is 0 Å². The highest BCUT2D eigenvalue weighted by Gasteiger charge is 2.08. The van der Waals surface area contributed by atoms with Crippen molar-refractivity contribution in [3.63, 3.8) is 0 Å². The molecule has 2 heterocycles. The normalized spacial score (nSPS) is 11.4. The van der Waals surface area contributed by atoms with Crippen molar-refractivity contribution >= 4 is 9.84 Å². The average Bonchev–Trinajstić information content (AvgIpc) is 2.29. The van der Waals surface area contributed by atoms with Crippen molar-refractivity contribution in [1.82, 2.24) is 9.97 Å². The van der Waals surface area contributed by atoms with Crippen LogP contribution in [0.5, 0.6) is 5.75 Å². The van der Waals surface area contributed by atoms with Crippen LogP contribution in [0.1, 0.15) is 0 Å². The largest absolute Gasteiger partial charge is 0.288 e. The minimum absolute atomic E-state index is 0.154. The first-order valence-electron chi connectivity index (χ1n) is 4.76. The third-order valence-corrected chi connectivity index (χ3v) is 3.26. The van der Waals surface area contributed by atoms with Gasteiger partial charge in [0.2, 0.25) is 0 Å². The minimum atomic E-state index is -3.24. The molecule has 0 N–H and O–H groups in total. The van der Waals surface area contributed by atoms with E-state index in [1.54, 1.807) is 12.1 Å². The van der Waals surface area contributed by atoms with Crippen LogP contribution in [0.25, 0.3) is 11.4 Å². The second-order valence-electron chi connectivity index (χ2n) is 3.53. The van der Waals surface area contributed by atoms with E-state index in [2.05, 4.69) is 9.97 Å². The van der Waals surface area contributed by atoms with Gasteiger partial charge in [-0.05, 0) is 24.3 Å². The topological polar surface area (TPSA) is 79.8 Å². The van der Waals surface area contributed by atoms with Crippen molar-refractivity contribution in [2.45, 2.75) is 4.90 Å². The number of aromatic nitrogens is 2. The summed E-state index contributed by atoms with van der Waals surface area (Å²) in [6.45, 7) is 0. The van der Waals surface area contributed by atoms with E-state index in [1.807, 2.05) is 0 Å². The van der Waals surface area contributed by atoms with Crippen LogP contribution in [0.15, 0.2) is 41.6 Å². The summed E-state index contributed by atoms with van der Waals surface area (Å²) in [6, 6.07) is 5.95. The van der Waals surface area contributed by atoms with E-state index < -0.39 is 9.84 Å². The molecule has 0 bridgehead atoms. The fraction of sp³-hybridized carbons (Fsp3) is 0.0909. The van der Waals surface area contributed by atoms with Crippen LogP contribution in [-0.2, 0) is 14.9 Å². The summed E-state index contributed by atoms with van der Waals surface area (Å²) in [4.78, 5) is 8.07. The first-order chi connectivity index (χ1) is 7.97. The lowest BCUT2D eigenvalue weighted by Gasteiger charge is -2.01. The fourth-order valence-electron chi connectivity index (χ4n) is 1.28. The number of rotatable bonds is 2. The van der Waals surface area contributed by atoms with E-state index in [9.17, 15) is 13.5 Å². The smallest absolute Gasteiger partial charge is 0.196 e. The third-order valence-electron chi connectivity index (χ3n) is 2.16. The van der Waals surface area contributed by atoms with Gasteiger partial charge in [-0.1, -0.05) is 0 Å². The van der Waals surface area contributed by atoms with E-state index >= 15 is 0 Å². The predicted molar refractivity (Wildman–Crippen MR) is 60.7 cm³/mol. The molecule has 0 fully saturated rings. The molecular weight excluding hydrogens is 240 g/mol. The zero-order valence-corrected chi connectivity index (χ0v) is 9.81. The summed E-state index contributed by atoms with van der Waals surface area (Å²) in [6.07, 6.45) is 3.59. The molecule has 0 aliphatic carbocycles. The Morgan fingerprint density at radius 2 is 1.53 bits per heavy atom. The standard InChI is InChI=1S/C11H9N2O3S/c1-17(15,16)9-3-5-11(13-7-9)10-4-2-8(14)6-12-10/h2-7H,1H3. The summed E-state index contributed by atoms with van der Waals surface area (Å²) in [5.74, 6) is -0.179. The Balaban J connectivity index is 2.39. The molecule has 2 aromatic rings. The van der Waals surface area contributed by atoms with Crippen LogP contribution >= 0.6 is 0 Å². The van der Waals surface area contributed by atoms with Crippen molar-refractivity contribution in [3.05, 3.63) is 36.7 Å². The molecule has 0 saturated heterocycles. The Kier molecular flexibility index (Phi) is 2.81. The fourth-order valence-corrected chi connectivity index (χ4v) is 1.84. The first-order valence-corrected chi connectivity index (χ1v) is 6.65. The molecule has 2 rings (SSSR count). The summed E-state index contributed by atoms with van der Waals surface area (Å²) >= 11 is 0. The highest BCUT2D eigenvalue weighted by atomic mass is 32.2. The van der Waals surface area contributed by atoms with Crippen molar-refractivity contribution in [3.8, 4) is 17.1 Å². The molecule has 87 valence electrons. The molecule has 0 unspecified atom stereocenters. The van der Waals surface area contributed by atoms with E-state index in [1.165, 1.54) is 24.5 Å². The molecule has 0 amide bonds. The Hall–Kier alpha value is -1.95. The molecule has 2 aromatic heterocycles. The summed E-state index contributed by atoms with van der Waals surface area (Å²) in [5.41, 5.74) is 1.06. The average molecular weight is 249 g/mol. The van der Waals surface area contributed by atoms with Gasteiger partial charge in [-0.2, -0.15) is 0 Å². The van der Waals surface area contributed by atoms with Crippen LogP contribution in [0.2, 0.25) is 0 Å². The molecule has 0 aromatic carbocycles. The van der Waals surface area contributed by atoms with Gasteiger partial charge >= 0.3 is 0 Å². The van der Waals surface area contributed by atoms with E-state index in [-0.39, 0.29) is 10.6 Å². The van der Waals surface area contributed by atoms with Gasteiger partial charge in [-0.3, -0.25) is 15.1 Å². The summed E-state index contributed by atoms with van der Waals surface area (Å²) in [7, 11) is -3.24. The van der Waals surface area contributed by atoms with E-state index in [0.29, 0.717) is 11.4 Å². The molecule has 0 aliphatic heterocycles. The van der Waals surface area contributed by atoms with Gasteiger partial charge in [-0.15, -0.1) is 0 Å². The first kappa shape index (κ1) is 11.5. The van der Waals surface area contributed by atoms with E-state index in [0.717, 1.165) is 6.26 Å². The van der Waals surface area contributed by atoms with Gasteiger partial charge in [-0.25, -0.2) is 8.42 Å². The molecule has 0 atom stereocenters. The second kappa shape index (κ2) is 4.14. The molecule has 5 nitrogen and oxygen atoms in total. The third kappa shape index (κ3) is 2.59. The van der Waals surface area contributed by atoms with Crippen LogP contribution < -0.4 is 0 Å². The lowest BCUT2D eigenvalue weighted by molar-refractivity contribution is 0.353. The molecule has 0 saturated carbocycles. The molecule has 1 radical (unpaired) electrons.